The molecule has 1 aromatic rings. The number of likely N-dealkylation sites (N-methyl/N-ethyl adjacent to an activating group) is 1. The number of hydrogen-bond acceptors (Lipinski definition) is 3. The zero-order valence-corrected chi connectivity index (χ0v) is 11.8. The number of para-hydroxylation sites is 1. The van der Waals surface area contributed by atoms with Gasteiger partial charge in [-0.2, -0.15) is 0 Å². The number of nitrogens with zero attached hydrogens (tertiary/aromatic N) is 1. The van der Waals surface area contributed by atoms with Crippen molar-refractivity contribution in [2.75, 3.05) is 11.9 Å². The van der Waals surface area contributed by atoms with E-state index < -0.39 is 0 Å². The fourth-order valence-electron chi connectivity index (χ4n) is 2.65. The average molecular weight is 257 g/mol. The van der Waals surface area contributed by atoms with Gasteiger partial charge in [0.05, 0.1) is 0 Å². The van der Waals surface area contributed by atoms with Crippen LogP contribution in [0.5, 0.6) is 0 Å². The first-order chi connectivity index (χ1) is 8.84. The summed E-state index contributed by atoms with van der Waals surface area (Å²) in [6.07, 6.45) is 2.90. The van der Waals surface area contributed by atoms with Crippen LogP contribution in [0.3, 0.4) is 0 Å². The van der Waals surface area contributed by atoms with Crippen LogP contribution < -0.4 is 4.90 Å². The molecule has 0 amide bonds. The number of anilines is 1. The highest BCUT2D eigenvalue weighted by molar-refractivity contribution is 5.88. The summed E-state index contributed by atoms with van der Waals surface area (Å²) in [5.41, 5.74) is 3.14. The first-order valence-electron chi connectivity index (χ1n) is 6.30. The van der Waals surface area contributed by atoms with Crippen molar-refractivity contribution in [2.24, 2.45) is 0 Å². The SMILES string of the molecule is CC(=O)C=C(O)C=C1N(C)c2ccccc2C1(C)C. The number of carbonyl (C=O) groups excluding carboxylic acids is 1. The van der Waals surface area contributed by atoms with Gasteiger partial charge in [0.1, 0.15) is 5.76 Å². The summed E-state index contributed by atoms with van der Waals surface area (Å²) in [7, 11) is 1.97. The summed E-state index contributed by atoms with van der Waals surface area (Å²) in [4.78, 5) is 13.1. The predicted molar refractivity (Wildman–Crippen MR) is 77.3 cm³/mol. The zero-order chi connectivity index (χ0) is 14.2. The Bertz CT molecular complexity index is 582. The molecule has 1 aliphatic rings. The van der Waals surface area contributed by atoms with E-state index in [1.807, 2.05) is 19.2 Å². The number of ketones is 1. The summed E-state index contributed by atoms with van der Waals surface area (Å²) < 4.78 is 0. The van der Waals surface area contributed by atoms with E-state index in [4.69, 9.17) is 0 Å². The molecule has 0 bridgehead atoms. The highest BCUT2D eigenvalue weighted by Crippen LogP contribution is 2.46. The topological polar surface area (TPSA) is 40.5 Å². The Hall–Kier alpha value is -2.03. The van der Waals surface area contributed by atoms with Crippen LogP contribution in [-0.4, -0.2) is 17.9 Å². The first kappa shape index (κ1) is 13.4. The number of benzene rings is 1. The number of aliphatic hydroxyl groups excluding tert-OH is 1. The third-order valence-electron chi connectivity index (χ3n) is 3.58. The van der Waals surface area contributed by atoms with E-state index in [-0.39, 0.29) is 17.0 Å². The van der Waals surface area contributed by atoms with Gasteiger partial charge in [-0.05, 0) is 18.6 Å². The fourth-order valence-corrected chi connectivity index (χ4v) is 2.65. The van der Waals surface area contributed by atoms with E-state index in [0.29, 0.717) is 0 Å². The molecule has 0 aromatic heterocycles. The normalized spacial score (nSPS) is 19.7. The van der Waals surface area contributed by atoms with Gasteiger partial charge in [-0.25, -0.2) is 0 Å². The Balaban J connectivity index is 2.51. The van der Waals surface area contributed by atoms with Gasteiger partial charge in [0.25, 0.3) is 0 Å². The minimum atomic E-state index is -0.191. The molecule has 1 heterocycles. The second-order valence-corrected chi connectivity index (χ2v) is 5.41. The minimum absolute atomic E-state index is 0.00442. The molecule has 0 unspecified atom stereocenters. The first-order valence-corrected chi connectivity index (χ1v) is 6.30. The summed E-state index contributed by atoms with van der Waals surface area (Å²) in [5, 5.41) is 9.85. The Labute approximate surface area is 113 Å². The quantitative estimate of drug-likeness (QED) is 0.652. The van der Waals surface area contributed by atoms with Gasteiger partial charge in [0.15, 0.2) is 5.78 Å². The second-order valence-electron chi connectivity index (χ2n) is 5.41. The Morgan fingerprint density at radius 1 is 1.32 bits per heavy atom. The van der Waals surface area contributed by atoms with Gasteiger partial charge in [-0.15, -0.1) is 0 Å². The third-order valence-corrected chi connectivity index (χ3v) is 3.58. The Kier molecular flexibility index (Phi) is 3.23. The molecule has 0 atom stereocenters. The fraction of sp³-hybridized carbons (Fsp3) is 0.312. The molecule has 1 aliphatic heterocycles. The molecule has 19 heavy (non-hydrogen) atoms. The molecular weight excluding hydrogens is 238 g/mol. The zero-order valence-electron chi connectivity index (χ0n) is 11.8. The van der Waals surface area contributed by atoms with E-state index in [0.717, 1.165) is 11.4 Å². The lowest BCUT2D eigenvalue weighted by Crippen LogP contribution is -2.23. The molecule has 0 saturated carbocycles. The number of rotatable bonds is 2. The molecule has 0 fully saturated rings. The summed E-state index contributed by atoms with van der Waals surface area (Å²) in [5.74, 6) is -0.166. The number of carbonyl (C=O) groups is 1. The van der Waals surface area contributed by atoms with Crippen molar-refractivity contribution < 1.29 is 9.90 Å². The van der Waals surface area contributed by atoms with Crippen molar-refractivity contribution in [3.05, 3.63) is 53.4 Å². The molecule has 3 heteroatoms. The van der Waals surface area contributed by atoms with Crippen LogP contribution in [0.4, 0.5) is 5.69 Å². The number of allylic oxidation sites excluding steroid dienone is 3. The van der Waals surface area contributed by atoms with Crippen molar-refractivity contribution in [3.8, 4) is 0 Å². The highest BCUT2D eigenvalue weighted by Gasteiger charge is 2.38. The predicted octanol–water partition coefficient (Wildman–Crippen LogP) is 3.33. The van der Waals surface area contributed by atoms with Crippen LogP contribution in [0.25, 0.3) is 0 Å². The molecule has 3 nitrogen and oxygen atoms in total. The van der Waals surface area contributed by atoms with Crippen LogP contribution >= 0.6 is 0 Å². The van der Waals surface area contributed by atoms with Crippen molar-refractivity contribution >= 4 is 11.5 Å². The molecule has 0 spiro atoms. The van der Waals surface area contributed by atoms with Crippen LogP contribution in [0.1, 0.15) is 26.3 Å². The highest BCUT2D eigenvalue weighted by atomic mass is 16.3. The smallest absolute Gasteiger partial charge is 0.156 e. The Morgan fingerprint density at radius 2 is 1.95 bits per heavy atom. The summed E-state index contributed by atoms with van der Waals surface area (Å²) in [6.45, 7) is 5.65. The number of fused-ring (bicyclic) bond motifs is 1. The lowest BCUT2D eigenvalue weighted by molar-refractivity contribution is -0.112. The van der Waals surface area contributed by atoms with E-state index in [9.17, 15) is 9.90 Å². The molecule has 0 aliphatic carbocycles. The minimum Gasteiger partial charge on any atom is -0.508 e. The molecule has 1 aromatic carbocycles. The van der Waals surface area contributed by atoms with Gasteiger partial charge < -0.3 is 10.0 Å². The lowest BCUT2D eigenvalue weighted by atomic mass is 9.83. The Morgan fingerprint density at radius 3 is 2.53 bits per heavy atom. The maximum absolute atomic E-state index is 11.0. The van der Waals surface area contributed by atoms with Crippen molar-refractivity contribution in [1.29, 1.82) is 0 Å². The van der Waals surface area contributed by atoms with Crippen LogP contribution in [0.15, 0.2) is 47.9 Å². The van der Waals surface area contributed by atoms with Gasteiger partial charge in [-0.3, -0.25) is 4.79 Å². The molecule has 2 rings (SSSR count). The monoisotopic (exact) mass is 257 g/mol. The molecule has 0 radical (unpaired) electrons. The van der Waals surface area contributed by atoms with Crippen LogP contribution in [0.2, 0.25) is 0 Å². The van der Waals surface area contributed by atoms with Crippen molar-refractivity contribution in [2.45, 2.75) is 26.2 Å². The maximum Gasteiger partial charge on any atom is 0.156 e. The standard InChI is InChI=1S/C16H19NO2/c1-11(18)9-12(19)10-15-16(2,3)13-7-5-6-8-14(13)17(15)4/h5-10,19H,1-4H3. The molecule has 100 valence electrons. The third kappa shape index (κ3) is 2.28. The van der Waals surface area contributed by atoms with E-state index in [2.05, 4.69) is 30.9 Å². The van der Waals surface area contributed by atoms with Gasteiger partial charge >= 0.3 is 0 Å². The maximum atomic E-state index is 11.0. The largest absolute Gasteiger partial charge is 0.508 e. The molecule has 0 saturated heterocycles. The van der Waals surface area contributed by atoms with Crippen LogP contribution in [-0.2, 0) is 10.2 Å². The lowest BCUT2D eigenvalue weighted by Gasteiger charge is -2.24. The summed E-state index contributed by atoms with van der Waals surface area (Å²) >= 11 is 0. The van der Waals surface area contributed by atoms with Crippen molar-refractivity contribution in [1.82, 2.24) is 0 Å². The van der Waals surface area contributed by atoms with Crippen LogP contribution in [0, 0.1) is 0 Å². The number of aliphatic hydroxyl groups is 1. The van der Waals surface area contributed by atoms with Gasteiger partial charge in [-0.1, -0.05) is 32.0 Å². The van der Waals surface area contributed by atoms with Gasteiger partial charge in [0.2, 0.25) is 0 Å². The summed E-state index contributed by atoms with van der Waals surface area (Å²) in [6, 6.07) is 8.17. The van der Waals surface area contributed by atoms with Gasteiger partial charge in [0, 0.05) is 36.0 Å². The second kappa shape index (κ2) is 4.57. The average Bonchev–Trinajstić information content (AvgIpc) is 2.51. The number of hydrogen-bond donors (Lipinski definition) is 1. The van der Waals surface area contributed by atoms with E-state index in [1.54, 1.807) is 6.08 Å². The molecular formula is C16H19NO2. The molecule has 1 N–H and O–H groups in total. The van der Waals surface area contributed by atoms with Crippen molar-refractivity contribution in [3.63, 3.8) is 0 Å². The van der Waals surface area contributed by atoms with E-state index >= 15 is 0 Å². The van der Waals surface area contributed by atoms with E-state index in [1.165, 1.54) is 18.6 Å².